The highest BCUT2D eigenvalue weighted by atomic mass is 19.4. The molecule has 42 heavy (non-hydrogen) atoms. The maximum Gasteiger partial charge on any atom is 0.420 e. The molecule has 0 spiro atoms. The Morgan fingerprint density at radius 2 is 1.26 bits per heavy atom. The van der Waals surface area contributed by atoms with Gasteiger partial charge in [-0.2, -0.15) is 30.7 Å². The van der Waals surface area contributed by atoms with Crippen LogP contribution in [0.3, 0.4) is 0 Å². The minimum absolute atomic E-state index is 0.499. The minimum Gasteiger partial charge on any atom is -0.496 e. The standard InChI is InChI=1S/C31H34F8O3/c1-3-4-17-5-7-18(8-6-17)19-9-11-20(12-10-19)29(40)42-24-16-14-22(27(32)28(24)33)21-13-15-23(41-2)26(31(37,38)39)25(21)30(34,35)36/h13-20H,3-12H2,1-2H3. The van der Waals surface area contributed by atoms with E-state index in [0.29, 0.717) is 42.9 Å². The van der Waals surface area contributed by atoms with E-state index in [9.17, 15) is 35.5 Å². The van der Waals surface area contributed by atoms with Gasteiger partial charge in [0.1, 0.15) is 11.3 Å². The molecule has 2 saturated carbocycles. The highest BCUT2D eigenvalue weighted by Gasteiger charge is 2.48. The summed E-state index contributed by atoms with van der Waals surface area (Å²) in [5, 5.41) is 0. The van der Waals surface area contributed by atoms with E-state index in [0.717, 1.165) is 31.9 Å². The van der Waals surface area contributed by atoms with Crippen molar-refractivity contribution >= 4 is 5.97 Å². The van der Waals surface area contributed by atoms with Crippen molar-refractivity contribution in [3.63, 3.8) is 0 Å². The molecule has 2 aliphatic rings. The van der Waals surface area contributed by atoms with Gasteiger partial charge in [0, 0.05) is 5.56 Å². The second kappa shape index (κ2) is 12.8. The molecule has 4 rings (SSSR count). The lowest BCUT2D eigenvalue weighted by atomic mass is 9.69. The third-order valence-corrected chi connectivity index (χ3v) is 8.86. The van der Waals surface area contributed by atoms with E-state index in [1.54, 1.807) is 0 Å². The van der Waals surface area contributed by atoms with Crippen LogP contribution in [-0.2, 0) is 17.1 Å². The van der Waals surface area contributed by atoms with Crippen LogP contribution in [0.25, 0.3) is 11.1 Å². The zero-order valence-electron chi connectivity index (χ0n) is 23.4. The van der Waals surface area contributed by atoms with Gasteiger partial charge in [0.2, 0.25) is 5.82 Å². The maximum absolute atomic E-state index is 15.1. The van der Waals surface area contributed by atoms with Gasteiger partial charge in [0.05, 0.1) is 18.6 Å². The fourth-order valence-corrected chi connectivity index (χ4v) is 6.75. The molecule has 2 fully saturated rings. The molecule has 0 bridgehead atoms. The number of benzene rings is 2. The average molecular weight is 607 g/mol. The van der Waals surface area contributed by atoms with E-state index in [1.165, 1.54) is 38.5 Å². The Balaban J connectivity index is 1.50. The highest BCUT2D eigenvalue weighted by Crippen LogP contribution is 2.50. The number of methoxy groups -OCH3 is 1. The summed E-state index contributed by atoms with van der Waals surface area (Å²) in [6.45, 7) is 2.19. The van der Waals surface area contributed by atoms with Crippen LogP contribution in [0, 0.1) is 35.3 Å². The first-order valence-corrected chi connectivity index (χ1v) is 14.3. The number of esters is 1. The van der Waals surface area contributed by atoms with Gasteiger partial charge in [-0.1, -0.05) is 32.6 Å². The molecule has 0 aliphatic heterocycles. The quantitative estimate of drug-likeness (QED) is 0.179. The van der Waals surface area contributed by atoms with Crippen molar-refractivity contribution in [1.82, 2.24) is 0 Å². The van der Waals surface area contributed by atoms with E-state index < -0.39 is 69.6 Å². The summed E-state index contributed by atoms with van der Waals surface area (Å²) in [5.74, 6) is -5.00. The lowest BCUT2D eigenvalue weighted by Crippen LogP contribution is -2.30. The van der Waals surface area contributed by atoms with Crippen LogP contribution in [0.1, 0.15) is 82.3 Å². The fraction of sp³-hybridized carbons (Fsp3) is 0.581. The number of hydrogen-bond donors (Lipinski definition) is 0. The number of hydrogen-bond acceptors (Lipinski definition) is 3. The van der Waals surface area contributed by atoms with Crippen LogP contribution in [0.4, 0.5) is 35.1 Å². The van der Waals surface area contributed by atoms with E-state index in [1.807, 2.05) is 0 Å². The largest absolute Gasteiger partial charge is 0.496 e. The predicted molar refractivity (Wildman–Crippen MR) is 140 cm³/mol. The molecule has 0 unspecified atom stereocenters. The van der Waals surface area contributed by atoms with E-state index >= 15 is 4.39 Å². The van der Waals surface area contributed by atoms with Crippen molar-refractivity contribution in [3.05, 3.63) is 47.0 Å². The molecular formula is C31H34F8O3. The van der Waals surface area contributed by atoms with Gasteiger partial charge in [0.15, 0.2) is 11.6 Å². The van der Waals surface area contributed by atoms with Crippen LogP contribution >= 0.6 is 0 Å². The van der Waals surface area contributed by atoms with Gasteiger partial charge in [-0.25, -0.2) is 4.39 Å². The third-order valence-electron chi connectivity index (χ3n) is 8.86. The van der Waals surface area contributed by atoms with Crippen molar-refractivity contribution in [2.75, 3.05) is 7.11 Å². The number of alkyl halides is 6. The number of rotatable bonds is 7. The number of halogens is 8. The summed E-state index contributed by atoms with van der Waals surface area (Å²) in [4.78, 5) is 12.8. The fourth-order valence-electron chi connectivity index (χ4n) is 6.75. The van der Waals surface area contributed by atoms with Gasteiger partial charge in [-0.15, -0.1) is 0 Å². The Morgan fingerprint density at radius 3 is 1.79 bits per heavy atom. The summed E-state index contributed by atoms with van der Waals surface area (Å²) in [7, 11) is 0.763. The Morgan fingerprint density at radius 1 is 0.738 bits per heavy atom. The lowest BCUT2D eigenvalue weighted by Gasteiger charge is -2.37. The monoisotopic (exact) mass is 606 g/mol. The van der Waals surface area contributed by atoms with Crippen molar-refractivity contribution in [2.45, 2.75) is 83.5 Å². The molecular weight excluding hydrogens is 572 g/mol. The number of carbonyl (C=O) groups excluding carboxylic acids is 1. The highest BCUT2D eigenvalue weighted by molar-refractivity contribution is 5.77. The van der Waals surface area contributed by atoms with Crippen molar-refractivity contribution in [2.24, 2.45) is 23.7 Å². The van der Waals surface area contributed by atoms with Gasteiger partial charge >= 0.3 is 18.3 Å². The first-order chi connectivity index (χ1) is 19.8. The SMILES string of the molecule is CCCC1CCC(C2CCC(C(=O)Oc3ccc(-c4ccc(OC)c(C(F)(F)F)c4C(F)(F)F)c(F)c3F)CC2)CC1. The van der Waals surface area contributed by atoms with Crippen LogP contribution in [0.15, 0.2) is 24.3 Å². The molecule has 0 saturated heterocycles. The molecule has 2 aliphatic carbocycles. The Bertz CT molecular complexity index is 1250. The Hall–Kier alpha value is -2.85. The van der Waals surface area contributed by atoms with E-state index in [2.05, 4.69) is 11.7 Å². The topological polar surface area (TPSA) is 35.5 Å². The van der Waals surface area contributed by atoms with Crippen LogP contribution in [-0.4, -0.2) is 13.1 Å². The summed E-state index contributed by atoms with van der Waals surface area (Å²) < 4.78 is 122. The molecule has 2 aromatic rings. The van der Waals surface area contributed by atoms with Gasteiger partial charge in [-0.3, -0.25) is 4.79 Å². The van der Waals surface area contributed by atoms with Crippen molar-refractivity contribution in [1.29, 1.82) is 0 Å². The first kappa shape index (κ1) is 32.1. The predicted octanol–water partition coefficient (Wildman–Crippen LogP) is 10.00. The van der Waals surface area contributed by atoms with Gasteiger partial charge < -0.3 is 9.47 Å². The average Bonchev–Trinajstić information content (AvgIpc) is 2.94. The molecule has 0 aromatic heterocycles. The number of carbonyl (C=O) groups is 1. The zero-order chi connectivity index (χ0) is 30.8. The summed E-state index contributed by atoms with van der Waals surface area (Å²) in [6, 6.07) is 2.61. The van der Waals surface area contributed by atoms with Gasteiger partial charge in [-0.05, 0) is 86.1 Å². The van der Waals surface area contributed by atoms with E-state index in [-0.39, 0.29) is 0 Å². The molecule has 0 heterocycles. The first-order valence-electron chi connectivity index (χ1n) is 14.3. The number of ether oxygens (including phenoxy) is 2. The smallest absolute Gasteiger partial charge is 0.420 e. The molecule has 0 radical (unpaired) electrons. The van der Waals surface area contributed by atoms with Crippen LogP contribution in [0.2, 0.25) is 0 Å². The molecule has 3 nitrogen and oxygen atoms in total. The van der Waals surface area contributed by atoms with Crippen molar-refractivity contribution in [3.8, 4) is 22.6 Å². The summed E-state index contributed by atoms with van der Waals surface area (Å²) in [6.07, 6.45) is -1.17. The normalized spacial score (nSPS) is 23.5. The second-order valence-electron chi connectivity index (χ2n) is 11.4. The molecule has 11 heteroatoms. The van der Waals surface area contributed by atoms with Crippen LogP contribution < -0.4 is 9.47 Å². The molecule has 2 aromatic carbocycles. The minimum atomic E-state index is -5.59. The zero-order valence-corrected chi connectivity index (χ0v) is 23.4. The second-order valence-corrected chi connectivity index (χ2v) is 11.4. The van der Waals surface area contributed by atoms with Crippen molar-refractivity contribution < 1.29 is 49.4 Å². The summed E-state index contributed by atoms with van der Waals surface area (Å²) in [5.41, 5.74) is -6.67. The van der Waals surface area contributed by atoms with Gasteiger partial charge in [0.25, 0.3) is 0 Å². The Kier molecular flexibility index (Phi) is 9.77. The molecule has 0 amide bonds. The molecule has 0 atom stereocenters. The third kappa shape index (κ3) is 6.86. The lowest BCUT2D eigenvalue weighted by molar-refractivity contribution is -0.162. The maximum atomic E-state index is 15.1. The van der Waals surface area contributed by atoms with E-state index in [4.69, 9.17) is 4.74 Å². The molecule has 0 N–H and O–H groups in total. The van der Waals surface area contributed by atoms with Crippen LogP contribution in [0.5, 0.6) is 11.5 Å². The summed E-state index contributed by atoms with van der Waals surface area (Å²) >= 11 is 0. The Labute approximate surface area is 239 Å². The molecule has 232 valence electrons.